The third-order valence-electron chi connectivity index (χ3n) is 3.69. The second-order valence-corrected chi connectivity index (χ2v) is 7.51. The summed E-state index contributed by atoms with van der Waals surface area (Å²) in [6.07, 6.45) is 3.20. The number of rotatable bonds is 4. The molecular weight excluding hydrogens is 278 g/mol. The summed E-state index contributed by atoms with van der Waals surface area (Å²) in [4.78, 5) is 6.01. The predicted octanol–water partition coefficient (Wildman–Crippen LogP) is -0.0354. The minimum absolute atomic E-state index is 0.0721. The number of anilines is 1. The summed E-state index contributed by atoms with van der Waals surface area (Å²) in [5, 5.41) is 0.101. The molecule has 20 heavy (non-hydrogen) atoms. The van der Waals surface area contributed by atoms with E-state index in [0.717, 1.165) is 19.4 Å². The van der Waals surface area contributed by atoms with E-state index in [4.69, 9.17) is 5.73 Å². The van der Waals surface area contributed by atoms with Gasteiger partial charge in [-0.2, -0.15) is 4.31 Å². The Morgan fingerprint density at radius 3 is 2.45 bits per heavy atom. The van der Waals surface area contributed by atoms with E-state index in [0.29, 0.717) is 19.0 Å². The van der Waals surface area contributed by atoms with Crippen molar-refractivity contribution in [3.63, 3.8) is 0 Å². The first-order chi connectivity index (χ1) is 9.32. The smallest absolute Gasteiger partial charge is 0.262 e. The van der Waals surface area contributed by atoms with Gasteiger partial charge in [0.2, 0.25) is 0 Å². The van der Waals surface area contributed by atoms with Crippen LogP contribution in [0.3, 0.4) is 0 Å². The third-order valence-corrected chi connectivity index (χ3v) is 5.72. The molecule has 1 aromatic rings. The second-order valence-electron chi connectivity index (χ2n) is 5.66. The molecule has 0 unspecified atom stereocenters. The minimum atomic E-state index is -3.54. The molecule has 2 heterocycles. The molecule has 1 fully saturated rings. The second kappa shape index (κ2) is 5.71. The topological polar surface area (TPSA) is 84.5 Å². The summed E-state index contributed by atoms with van der Waals surface area (Å²) in [5.74, 6) is 0.628. The molecule has 0 amide bonds. The van der Waals surface area contributed by atoms with Crippen LogP contribution in [0.15, 0.2) is 11.4 Å². The quantitative estimate of drug-likeness (QED) is 0.844. The van der Waals surface area contributed by atoms with Crippen molar-refractivity contribution < 1.29 is 8.42 Å². The number of nitrogens with two attached hydrogens (primary N) is 1. The lowest BCUT2D eigenvalue weighted by Gasteiger charge is -2.32. The Labute approximate surface area is 120 Å². The zero-order chi connectivity index (χ0) is 14.9. The van der Waals surface area contributed by atoms with Crippen molar-refractivity contribution >= 4 is 15.8 Å². The summed E-state index contributed by atoms with van der Waals surface area (Å²) >= 11 is 0. The molecule has 7 nitrogen and oxygen atoms in total. The van der Waals surface area contributed by atoms with Crippen LogP contribution in [0.5, 0.6) is 0 Å². The zero-order valence-corrected chi connectivity index (χ0v) is 13.1. The third kappa shape index (κ3) is 2.97. The highest BCUT2D eigenvalue weighted by atomic mass is 32.2. The van der Waals surface area contributed by atoms with E-state index in [-0.39, 0.29) is 10.8 Å². The molecule has 0 radical (unpaired) electrons. The lowest BCUT2D eigenvalue weighted by Crippen LogP contribution is -2.41. The van der Waals surface area contributed by atoms with Gasteiger partial charge >= 0.3 is 0 Å². The largest absolute Gasteiger partial charge is 0.381 e. The maximum Gasteiger partial charge on any atom is 0.262 e. The molecule has 1 aromatic heterocycles. The Morgan fingerprint density at radius 1 is 1.40 bits per heavy atom. The SMILES string of the molecule is CN(C)CC1CCN(S(=O)(=O)c2c(N)ncn2C)CC1. The molecule has 0 bridgehead atoms. The Bertz CT molecular complexity index is 539. The Morgan fingerprint density at radius 2 is 2.00 bits per heavy atom. The van der Waals surface area contributed by atoms with Gasteiger partial charge < -0.3 is 15.2 Å². The molecular formula is C12H23N5O2S. The molecule has 1 saturated heterocycles. The molecule has 0 aliphatic carbocycles. The molecule has 0 atom stereocenters. The van der Waals surface area contributed by atoms with Gasteiger partial charge in [-0.15, -0.1) is 0 Å². The summed E-state index contributed by atoms with van der Waals surface area (Å²) in [6, 6.07) is 0. The molecule has 114 valence electrons. The van der Waals surface area contributed by atoms with Crippen molar-refractivity contribution in [3.05, 3.63) is 6.33 Å². The van der Waals surface area contributed by atoms with Gasteiger partial charge in [0.1, 0.15) is 0 Å². The monoisotopic (exact) mass is 301 g/mol. The summed E-state index contributed by atoms with van der Waals surface area (Å²) < 4.78 is 28.2. The number of nitrogen functional groups attached to an aromatic ring is 1. The fourth-order valence-electron chi connectivity index (χ4n) is 2.72. The van der Waals surface area contributed by atoms with Crippen LogP contribution in [0.4, 0.5) is 5.82 Å². The normalized spacial score (nSPS) is 18.8. The molecule has 1 aliphatic heterocycles. The average Bonchev–Trinajstić information content (AvgIpc) is 2.69. The molecule has 0 spiro atoms. The molecule has 0 saturated carbocycles. The average molecular weight is 301 g/mol. The van der Waals surface area contributed by atoms with E-state index in [1.165, 1.54) is 15.2 Å². The maximum absolute atomic E-state index is 12.6. The van der Waals surface area contributed by atoms with Crippen LogP contribution in [0.25, 0.3) is 0 Å². The summed E-state index contributed by atoms with van der Waals surface area (Å²) in [7, 11) is 2.19. The van der Waals surface area contributed by atoms with Gasteiger partial charge in [0.05, 0.1) is 6.33 Å². The van der Waals surface area contributed by atoms with E-state index in [2.05, 4.69) is 9.88 Å². The molecule has 1 aliphatic rings. The van der Waals surface area contributed by atoms with Crippen molar-refractivity contribution in [2.24, 2.45) is 13.0 Å². The van der Waals surface area contributed by atoms with E-state index in [1.807, 2.05) is 14.1 Å². The number of imidazole rings is 1. The van der Waals surface area contributed by atoms with Crippen LogP contribution >= 0.6 is 0 Å². The number of aryl methyl sites for hydroxylation is 1. The van der Waals surface area contributed by atoms with Crippen LogP contribution in [-0.2, 0) is 17.1 Å². The maximum atomic E-state index is 12.6. The highest BCUT2D eigenvalue weighted by Gasteiger charge is 2.33. The molecule has 8 heteroatoms. The number of aromatic nitrogens is 2. The highest BCUT2D eigenvalue weighted by molar-refractivity contribution is 7.89. The van der Waals surface area contributed by atoms with E-state index >= 15 is 0 Å². The van der Waals surface area contributed by atoms with Crippen LogP contribution in [0.2, 0.25) is 0 Å². The van der Waals surface area contributed by atoms with Crippen LogP contribution in [0, 0.1) is 5.92 Å². The van der Waals surface area contributed by atoms with Crippen molar-refractivity contribution in [2.45, 2.75) is 17.9 Å². The summed E-state index contributed by atoms with van der Waals surface area (Å²) in [6.45, 7) is 2.10. The van der Waals surface area contributed by atoms with Crippen molar-refractivity contribution in [1.82, 2.24) is 18.8 Å². The van der Waals surface area contributed by atoms with E-state index in [9.17, 15) is 8.42 Å². The minimum Gasteiger partial charge on any atom is -0.381 e. The lowest BCUT2D eigenvalue weighted by atomic mass is 9.98. The Kier molecular flexibility index (Phi) is 4.36. The number of piperidine rings is 1. The Hall–Kier alpha value is -1.12. The first-order valence-corrected chi connectivity index (χ1v) is 8.18. The number of nitrogens with zero attached hydrogens (tertiary/aromatic N) is 4. The van der Waals surface area contributed by atoms with Gasteiger partial charge in [-0.25, -0.2) is 13.4 Å². The lowest BCUT2D eigenvalue weighted by molar-refractivity contribution is 0.224. The summed E-state index contributed by atoms with van der Waals surface area (Å²) in [5.41, 5.74) is 5.68. The standard InChI is InChI=1S/C12H23N5O2S/c1-15(2)8-10-4-6-17(7-5-10)20(18,19)12-11(13)14-9-16(12)3/h9-10H,4-8,13H2,1-3H3. The van der Waals surface area contributed by atoms with Gasteiger partial charge in [-0.1, -0.05) is 0 Å². The van der Waals surface area contributed by atoms with Crippen molar-refractivity contribution in [3.8, 4) is 0 Å². The first kappa shape index (κ1) is 15.3. The van der Waals surface area contributed by atoms with Crippen molar-refractivity contribution in [2.75, 3.05) is 39.5 Å². The van der Waals surface area contributed by atoms with Crippen LogP contribution < -0.4 is 5.73 Å². The highest BCUT2D eigenvalue weighted by Crippen LogP contribution is 2.26. The van der Waals surface area contributed by atoms with Gasteiger partial charge in [-0.3, -0.25) is 0 Å². The first-order valence-electron chi connectivity index (χ1n) is 6.74. The van der Waals surface area contributed by atoms with Gasteiger partial charge in [0, 0.05) is 26.7 Å². The number of sulfonamides is 1. The fourth-order valence-corrected chi connectivity index (χ4v) is 4.39. The van der Waals surface area contributed by atoms with E-state index in [1.54, 1.807) is 7.05 Å². The molecule has 2 N–H and O–H groups in total. The van der Waals surface area contributed by atoms with Gasteiger partial charge in [0.25, 0.3) is 10.0 Å². The van der Waals surface area contributed by atoms with Crippen LogP contribution in [0.1, 0.15) is 12.8 Å². The predicted molar refractivity (Wildman–Crippen MR) is 77.7 cm³/mol. The number of hydrogen-bond donors (Lipinski definition) is 1. The van der Waals surface area contributed by atoms with Crippen LogP contribution in [-0.4, -0.2) is 60.9 Å². The fraction of sp³-hybridized carbons (Fsp3) is 0.750. The van der Waals surface area contributed by atoms with E-state index < -0.39 is 10.0 Å². The zero-order valence-electron chi connectivity index (χ0n) is 12.3. The van der Waals surface area contributed by atoms with Crippen molar-refractivity contribution in [1.29, 1.82) is 0 Å². The molecule has 0 aromatic carbocycles. The Balaban J connectivity index is 2.10. The number of hydrogen-bond acceptors (Lipinski definition) is 5. The van der Waals surface area contributed by atoms with Gasteiger partial charge in [-0.05, 0) is 32.9 Å². The van der Waals surface area contributed by atoms with Gasteiger partial charge in [0.15, 0.2) is 10.8 Å². The molecule has 2 rings (SSSR count).